The van der Waals surface area contributed by atoms with Crippen LogP contribution in [0.5, 0.6) is 5.75 Å². The highest BCUT2D eigenvalue weighted by Crippen LogP contribution is 2.27. The predicted molar refractivity (Wildman–Crippen MR) is 101 cm³/mol. The Labute approximate surface area is 155 Å². The summed E-state index contributed by atoms with van der Waals surface area (Å²) in [6.07, 6.45) is 2.25. The third-order valence-electron chi connectivity index (χ3n) is 3.34. The van der Waals surface area contributed by atoms with Gasteiger partial charge in [0.2, 0.25) is 0 Å². The molecule has 1 unspecified atom stereocenters. The molecule has 1 aromatic carbocycles. The van der Waals surface area contributed by atoms with Crippen LogP contribution in [-0.4, -0.2) is 17.9 Å². The van der Waals surface area contributed by atoms with Crippen LogP contribution in [0.2, 0.25) is 5.02 Å². The Morgan fingerprint density at radius 3 is 2.52 bits per heavy atom. The zero-order chi connectivity index (χ0) is 18.4. The maximum atomic E-state index is 12.1. The number of ether oxygens (including phenoxy) is 1. The van der Waals surface area contributed by atoms with E-state index in [1.807, 2.05) is 31.4 Å². The van der Waals surface area contributed by atoms with Crippen LogP contribution in [0.4, 0.5) is 0 Å². The standard InChI is InChI=1S/C18H19ClN2O3S/c1-11-9-14(19)10-12(2)17(11)24-13(3)18(23)21-20-16(22)7-6-15-5-4-8-25-15/h4-10,13H,1-3H3,(H,20,22)(H,21,23)/b7-6+. The van der Waals surface area contributed by atoms with Crippen molar-refractivity contribution in [1.29, 1.82) is 0 Å². The van der Waals surface area contributed by atoms with Crippen molar-refractivity contribution < 1.29 is 14.3 Å². The van der Waals surface area contributed by atoms with Gasteiger partial charge in [0.05, 0.1) is 0 Å². The molecule has 0 bridgehead atoms. The maximum absolute atomic E-state index is 12.1. The van der Waals surface area contributed by atoms with E-state index in [1.54, 1.807) is 25.1 Å². The summed E-state index contributed by atoms with van der Waals surface area (Å²) in [5.74, 6) is -0.268. The van der Waals surface area contributed by atoms with Crippen LogP contribution in [0.25, 0.3) is 6.08 Å². The van der Waals surface area contributed by atoms with Crippen molar-refractivity contribution in [3.8, 4) is 5.75 Å². The van der Waals surface area contributed by atoms with Crippen molar-refractivity contribution in [2.75, 3.05) is 0 Å². The molecular formula is C18H19ClN2O3S. The lowest BCUT2D eigenvalue weighted by Crippen LogP contribution is -2.46. The van der Waals surface area contributed by atoms with E-state index in [2.05, 4.69) is 10.9 Å². The number of hydrazine groups is 1. The van der Waals surface area contributed by atoms with Crippen molar-refractivity contribution in [3.05, 3.63) is 56.7 Å². The molecule has 2 N–H and O–H groups in total. The first-order valence-electron chi connectivity index (χ1n) is 7.61. The fraction of sp³-hybridized carbons (Fsp3) is 0.222. The molecule has 1 aromatic heterocycles. The first kappa shape index (κ1) is 19.0. The summed E-state index contributed by atoms with van der Waals surface area (Å²) >= 11 is 7.50. The fourth-order valence-corrected chi connectivity index (χ4v) is 3.07. The van der Waals surface area contributed by atoms with Crippen LogP contribution in [-0.2, 0) is 9.59 Å². The minimum absolute atomic E-state index is 0.423. The van der Waals surface area contributed by atoms with Gasteiger partial charge in [-0.25, -0.2) is 0 Å². The van der Waals surface area contributed by atoms with Crippen molar-refractivity contribution in [2.24, 2.45) is 0 Å². The van der Waals surface area contributed by atoms with Crippen LogP contribution in [0.1, 0.15) is 22.9 Å². The first-order chi connectivity index (χ1) is 11.9. The zero-order valence-corrected chi connectivity index (χ0v) is 15.7. The smallest absolute Gasteiger partial charge is 0.279 e. The van der Waals surface area contributed by atoms with Gasteiger partial charge < -0.3 is 4.74 Å². The number of carbonyl (C=O) groups is 2. The second-order valence-corrected chi connectivity index (χ2v) is 6.87. The van der Waals surface area contributed by atoms with Crippen molar-refractivity contribution in [1.82, 2.24) is 10.9 Å². The minimum atomic E-state index is -0.778. The average Bonchev–Trinajstić information content (AvgIpc) is 3.07. The third kappa shape index (κ3) is 5.62. The summed E-state index contributed by atoms with van der Waals surface area (Å²) in [5, 5.41) is 2.53. The molecule has 1 atom stereocenters. The van der Waals surface area contributed by atoms with Gasteiger partial charge in [-0.05, 0) is 61.6 Å². The van der Waals surface area contributed by atoms with E-state index in [1.165, 1.54) is 17.4 Å². The molecule has 0 saturated heterocycles. The molecule has 0 saturated carbocycles. The van der Waals surface area contributed by atoms with Gasteiger partial charge in [-0.1, -0.05) is 17.7 Å². The molecule has 2 amide bonds. The molecule has 1 heterocycles. The molecule has 2 aromatic rings. The fourth-order valence-electron chi connectivity index (χ4n) is 2.12. The van der Waals surface area contributed by atoms with Gasteiger partial charge in [-0.15, -0.1) is 11.3 Å². The molecule has 0 fully saturated rings. The molecule has 0 spiro atoms. The van der Waals surface area contributed by atoms with Gasteiger partial charge in [-0.2, -0.15) is 0 Å². The summed E-state index contributed by atoms with van der Waals surface area (Å²) in [7, 11) is 0. The lowest BCUT2D eigenvalue weighted by atomic mass is 10.1. The van der Waals surface area contributed by atoms with E-state index in [0.29, 0.717) is 10.8 Å². The van der Waals surface area contributed by atoms with Gasteiger partial charge in [0.1, 0.15) is 5.75 Å². The highest BCUT2D eigenvalue weighted by Gasteiger charge is 2.17. The second-order valence-electron chi connectivity index (χ2n) is 5.46. The van der Waals surface area contributed by atoms with Gasteiger partial charge in [0, 0.05) is 16.0 Å². The number of nitrogens with one attached hydrogen (secondary N) is 2. The van der Waals surface area contributed by atoms with Crippen LogP contribution < -0.4 is 15.6 Å². The van der Waals surface area contributed by atoms with Gasteiger partial charge in [-0.3, -0.25) is 20.4 Å². The highest BCUT2D eigenvalue weighted by atomic mass is 35.5. The number of hydrogen-bond donors (Lipinski definition) is 2. The Morgan fingerprint density at radius 1 is 1.24 bits per heavy atom. The van der Waals surface area contributed by atoms with Crippen LogP contribution in [0.15, 0.2) is 35.7 Å². The quantitative estimate of drug-likeness (QED) is 0.616. The normalized spacial score (nSPS) is 12.0. The molecule has 5 nitrogen and oxygen atoms in total. The summed E-state index contributed by atoms with van der Waals surface area (Å²) in [4.78, 5) is 24.7. The van der Waals surface area contributed by atoms with Crippen LogP contribution in [0, 0.1) is 13.8 Å². The molecule has 132 valence electrons. The lowest BCUT2D eigenvalue weighted by molar-refractivity contribution is -0.131. The Hall–Kier alpha value is -2.31. The van der Waals surface area contributed by atoms with E-state index >= 15 is 0 Å². The maximum Gasteiger partial charge on any atom is 0.279 e. The summed E-state index contributed by atoms with van der Waals surface area (Å²) in [6.45, 7) is 5.32. The topological polar surface area (TPSA) is 67.4 Å². The number of carbonyl (C=O) groups excluding carboxylic acids is 2. The molecule has 0 radical (unpaired) electrons. The largest absolute Gasteiger partial charge is 0.480 e. The summed E-state index contributed by atoms with van der Waals surface area (Å²) < 4.78 is 5.71. The highest BCUT2D eigenvalue weighted by molar-refractivity contribution is 7.10. The number of hydrogen-bond acceptors (Lipinski definition) is 4. The Balaban J connectivity index is 1.87. The van der Waals surface area contributed by atoms with Crippen molar-refractivity contribution in [2.45, 2.75) is 26.9 Å². The van der Waals surface area contributed by atoms with E-state index < -0.39 is 17.9 Å². The van der Waals surface area contributed by atoms with E-state index in [9.17, 15) is 9.59 Å². The van der Waals surface area contributed by atoms with Gasteiger partial charge in [0.15, 0.2) is 6.10 Å². The van der Waals surface area contributed by atoms with E-state index in [0.717, 1.165) is 16.0 Å². The Bertz CT molecular complexity index is 765. The number of aryl methyl sites for hydroxylation is 2. The number of rotatable bonds is 5. The molecule has 25 heavy (non-hydrogen) atoms. The molecule has 0 aliphatic rings. The molecule has 0 aliphatic heterocycles. The number of thiophene rings is 1. The minimum Gasteiger partial charge on any atom is -0.480 e. The molecule has 0 aliphatic carbocycles. The summed E-state index contributed by atoms with van der Waals surface area (Å²) in [6, 6.07) is 7.32. The third-order valence-corrected chi connectivity index (χ3v) is 4.40. The molecule has 7 heteroatoms. The number of amides is 2. The predicted octanol–water partition coefficient (Wildman–Crippen LogP) is 3.65. The number of halogens is 1. The lowest BCUT2D eigenvalue weighted by Gasteiger charge is -2.18. The average molecular weight is 379 g/mol. The molecular weight excluding hydrogens is 360 g/mol. The Morgan fingerprint density at radius 2 is 1.92 bits per heavy atom. The van der Waals surface area contributed by atoms with Gasteiger partial charge >= 0.3 is 0 Å². The van der Waals surface area contributed by atoms with E-state index in [4.69, 9.17) is 16.3 Å². The first-order valence-corrected chi connectivity index (χ1v) is 8.87. The van der Waals surface area contributed by atoms with Crippen LogP contribution >= 0.6 is 22.9 Å². The van der Waals surface area contributed by atoms with Crippen molar-refractivity contribution in [3.63, 3.8) is 0 Å². The number of benzene rings is 1. The Kier molecular flexibility index (Phi) is 6.61. The van der Waals surface area contributed by atoms with Crippen molar-refractivity contribution >= 4 is 40.8 Å². The zero-order valence-electron chi connectivity index (χ0n) is 14.1. The van der Waals surface area contributed by atoms with Crippen LogP contribution in [0.3, 0.4) is 0 Å². The molecule has 2 rings (SSSR count). The monoisotopic (exact) mass is 378 g/mol. The van der Waals surface area contributed by atoms with E-state index in [-0.39, 0.29) is 0 Å². The summed E-state index contributed by atoms with van der Waals surface area (Å²) in [5.41, 5.74) is 6.35. The second kappa shape index (κ2) is 8.69. The van der Waals surface area contributed by atoms with Gasteiger partial charge in [0.25, 0.3) is 11.8 Å². The SMILES string of the molecule is Cc1cc(Cl)cc(C)c1OC(C)C(=O)NNC(=O)/C=C/c1cccs1.